The highest BCUT2D eigenvalue weighted by atomic mass is 35.5. The molecule has 0 radical (unpaired) electrons. The quantitative estimate of drug-likeness (QED) is 0.820. The summed E-state index contributed by atoms with van der Waals surface area (Å²) in [5, 5.41) is 0.509. The van der Waals surface area contributed by atoms with E-state index in [4.69, 9.17) is 29.6 Å². The van der Waals surface area contributed by atoms with Gasteiger partial charge < -0.3 is 10.6 Å². The molecule has 0 aliphatic carbocycles. The number of carbonyl (C=O) groups is 1. The highest BCUT2D eigenvalue weighted by Crippen LogP contribution is 2.10. The van der Waals surface area contributed by atoms with Crippen LogP contribution in [0.1, 0.15) is 30.8 Å². The van der Waals surface area contributed by atoms with Gasteiger partial charge >= 0.3 is 0 Å². The van der Waals surface area contributed by atoms with Gasteiger partial charge in [-0.25, -0.2) is 4.98 Å². The largest absolute Gasteiger partial charge is 0.393 e. The first-order valence-corrected chi connectivity index (χ1v) is 6.88. The van der Waals surface area contributed by atoms with Gasteiger partial charge in [-0.05, 0) is 18.1 Å². The number of rotatable bonds is 6. The first-order chi connectivity index (χ1) is 8.90. The van der Waals surface area contributed by atoms with E-state index in [-0.39, 0.29) is 5.91 Å². The molecule has 0 atom stereocenters. The minimum atomic E-state index is -0.124. The maximum Gasteiger partial charge on any atom is 0.272 e. The number of hydrogen-bond donors (Lipinski definition) is 1. The number of aromatic nitrogens is 1. The smallest absolute Gasteiger partial charge is 0.272 e. The van der Waals surface area contributed by atoms with E-state index in [0.717, 1.165) is 0 Å². The molecule has 1 aromatic rings. The molecular weight excluding hydrogens is 282 g/mol. The monoisotopic (exact) mass is 299 g/mol. The topological polar surface area (TPSA) is 59.2 Å². The van der Waals surface area contributed by atoms with Crippen LogP contribution < -0.4 is 5.73 Å². The molecule has 0 unspecified atom stereocenters. The van der Waals surface area contributed by atoms with Gasteiger partial charge in [0, 0.05) is 25.7 Å². The standard InChI is InChI=1S/C13H18ClN3OS/c1-9(2)8-17(6-5-12(15)19)13(18)11-4-3-10(14)7-16-11/h3-4,7,9H,5-6,8H2,1-2H3,(H2,15,19). The summed E-state index contributed by atoms with van der Waals surface area (Å²) in [5.41, 5.74) is 5.87. The van der Waals surface area contributed by atoms with Gasteiger partial charge in [0.15, 0.2) is 0 Å². The SMILES string of the molecule is CC(C)CN(CCC(N)=S)C(=O)c1ccc(Cl)cn1. The summed E-state index contributed by atoms with van der Waals surface area (Å²) in [6.07, 6.45) is 1.98. The zero-order chi connectivity index (χ0) is 14.4. The minimum Gasteiger partial charge on any atom is -0.393 e. The predicted octanol–water partition coefficient (Wildman–Crippen LogP) is 2.51. The number of hydrogen-bond acceptors (Lipinski definition) is 3. The number of nitrogens with two attached hydrogens (primary N) is 1. The van der Waals surface area contributed by atoms with Crippen LogP contribution in [-0.4, -0.2) is 33.9 Å². The first kappa shape index (κ1) is 15.9. The van der Waals surface area contributed by atoms with Crippen molar-refractivity contribution in [3.63, 3.8) is 0 Å². The van der Waals surface area contributed by atoms with E-state index >= 15 is 0 Å². The fourth-order valence-corrected chi connectivity index (χ4v) is 1.83. The molecule has 0 fully saturated rings. The van der Waals surface area contributed by atoms with Crippen LogP contribution in [0.2, 0.25) is 5.02 Å². The van der Waals surface area contributed by atoms with Crippen LogP contribution in [0.4, 0.5) is 0 Å². The van der Waals surface area contributed by atoms with Crippen LogP contribution in [0.5, 0.6) is 0 Å². The maximum absolute atomic E-state index is 12.3. The lowest BCUT2D eigenvalue weighted by Crippen LogP contribution is -2.36. The highest BCUT2D eigenvalue weighted by Gasteiger charge is 2.18. The van der Waals surface area contributed by atoms with Crippen molar-refractivity contribution in [1.82, 2.24) is 9.88 Å². The van der Waals surface area contributed by atoms with E-state index in [9.17, 15) is 4.79 Å². The van der Waals surface area contributed by atoms with Crippen molar-refractivity contribution in [3.8, 4) is 0 Å². The van der Waals surface area contributed by atoms with Crippen LogP contribution in [0.15, 0.2) is 18.3 Å². The number of carbonyl (C=O) groups excluding carboxylic acids is 1. The lowest BCUT2D eigenvalue weighted by atomic mass is 10.2. The Labute approximate surface area is 123 Å². The van der Waals surface area contributed by atoms with Crippen molar-refractivity contribution in [1.29, 1.82) is 0 Å². The van der Waals surface area contributed by atoms with Gasteiger partial charge in [0.25, 0.3) is 5.91 Å². The third kappa shape index (κ3) is 5.53. The van der Waals surface area contributed by atoms with Gasteiger partial charge in [-0.2, -0.15) is 0 Å². The van der Waals surface area contributed by atoms with Crippen molar-refractivity contribution in [2.75, 3.05) is 13.1 Å². The molecule has 1 amide bonds. The molecule has 0 aliphatic heterocycles. The molecule has 6 heteroatoms. The second kappa shape index (κ2) is 7.40. The van der Waals surface area contributed by atoms with Crippen molar-refractivity contribution in [2.45, 2.75) is 20.3 Å². The fourth-order valence-electron chi connectivity index (χ4n) is 1.63. The zero-order valence-corrected chi connectivity index (χ0v) is 12.7. The molecule has 0 aromatic carbocycles. The summed E-state index contributed by atoms with van der Waals surface area (Å²) >= 11 is 10.6. The van der Waals surface area contributed by atoms with E-state index in [2.05, 4.69) is 18.8 Å². The van der Waals surface area contributed by atoms with E-state index in [0.29, 0.717) is 41.1 Å². The Morgan fingerprint density at radius 3 is 2.68 bits per heavy atom. The van der Waals surface area contributed by atoms with Crippen LogP contribution >= 0.6 is 23.8 Å². The van der Waals surface area contributed by atoms with Crippen LogP contribution in [0, 0.1) is 5.92 Å². The molecule has 19 heavy (non-hydrogen) atoms. The molecular formula is C13H18ClN3OS. The van der Waals surface area contributed by atoms with E-state index in [1.54, 1.807) is 17.0 Å². The average molecular weight is 300 g/mol. The molecule has 1 aromatic heterocycles. The molecule has 0 bridgehead atoms. The summed E-state index contributed by atoms with van der Waals surface area (Å²) in [5.74, 6) is 0.240. The highest BCUT2D eigenvalue weighted by molar-refractivity contribution is 7.80. The van der Waals surface area contributed by atoms with Crippen molar-refractivity contribution < 1.29 is 4.79 Å². The van der Waals surface area contributed by atoms with Gasteiger partial charge in [-0.15, -0.1) is 0 Å². The van der Waals surface area contributed by atoms with Crippen molar-refractivity contribution in [3.05, 3.63) is 29.0 Å². The van der Waals surface area contributed by atoms with Gasteiger partial charge in [-0.3, -0.25) is 4.79 Å². The number of amides is 1. The predicted molar refractivity (Wildman–Crippen MR) is 81.4 cm³/mol. The second-order valence-corrected chi connectivity index (χ2v) is 5.68. The molecule has 1 heterocycles. The molecule has 4 nitrogen and oxygen atoms in total. The molecule has 0 saturated carbocycles. The normalized spacial score (nSPS) is 10.5. The second-order valence-electron chi connectivity index (χ2n) is 4.72. The summed E-state index contributed by atoms with van der Waals surface area (Å²) in [6, 6.07) is 3.28. The van der Waals surface area contributed by atoms with Gasteiger partial charge in [0.05, 0.1) is 10.0 Å². The molecule has 1 rings (SSSR count). The van der Waals surface area contributed by atoms with Crippen LogP contribution in [-0.2, 0) is 0 Å². The Balaban J connectivity index is 2.80. The lowest BCUT2D eigenvalue weighted by Gasteiger charge is -2.24. The molecule has 0 spiro atoms. The molecule has 2 N–H and O–H groups in total. The van der Waals surface area contributed by atoms with Crippen LogP contribution in [0.25, 0.3) is 0 Å². The molecule has 104 valence electrons. The van der Waals surface area contributed by atoms with E-state index in [1.165, 1.54) is 6.20 Å². The third-order valence-corrected chi connectivity index (χ3v) is 2.88. The number of thiocarbonyl (C=S) groups is 1. The minimum absolute atomic E-state index is 0.124. The van der Waals surface area contributed by atoms with Crippen LogP contribution in [0.3, 0.4) is 0 Å². The Kier molecular flexibility index (Phi) is 6.18. The average Bonchev–Trinajstić information content (AvgIpc) is 2.34. The van der Waals surface area contributed by atoms with Gasteiger partial charge in [0.2, 0.25) is 0 Å². The first-order valence-electron chi connectivity index (χ1n) is 6.09. The Bertz CT molecular complexity index is 448. The van der Waals surface area contributed by atoms with Gasteiger partial charge in [-0.1, -0.05) is 37.7 Å². The summed E-state index contributed by atoms with van der Waals surface area (Å²) in [7, 11) is 0. The summed E-state index contributed by atoms with van der Waals surface area (Å²) < 4.78 is 0. The van der Waals surface area contributed by atoms with E-state index in [1.807, 2.05) is 0 Å². The fraction of sp³-hybridized carbons (Fsp3) is 0.462. The summed E-state index contributed by atoms with van der Waals surface area (Å²) in [4.78, 5) is 18.5. The number of nitrogens with zero attached hydrogens (tertiary/aromatic N) is 2. The van der Waals surface area contributed by atoms with Gasteiger partial charge in [0.1, 0.15) is 5.69 Å². The summed E-state index contributed by atoms with van der Waals surface area (Å²) in [6.45, 7) is 5.26. The maximum atomic E-state index is 12.3. The molecule has 0 aliphatic rings. The Morgan fingerprint density at radius 1 is 1.53 bits per heavy atom. The Morgan fingerprint density at radius 2 is 2.21 bits per heavy atom. The number of pyridine rings is 1. The lowest BCUT2D eigenvalue weighted by molar-refractivity contribution is 0.0735. The number of halogens is 1. The molecule has 0 saturated heterocycles. The van der Waals surface area contributed by atoms with Crippen molar-refractivity contribution >= 4 is 34.7 Å². The van der Waals surface area contributed by atoms with Crippen molar-refractivity contribution in [2.24, 2.45) is 11.7 Å². The van der Waals surface area contributed by atoms with E-state index < -0.39 is 0 Å². The zero-order valence-electron chi connectivity index (χ0n) is 11.1. The Hall–Kier alpha value is -1.20. The third-order valence-electron chi connectivity index (χ3n) is 2.45.